The lowest BCUT2D eigenvalue weighted by Gasteiger charge is -2.02. The van der Waals surface area contributed by atoms with Gasteiger partial charge in [0.15, 0.2) is 0 Å². The SMILES string of the molecule is CCCCNCCc1nc(-c2ccc(Cl)c(C)c2)cs1. The number of unbranched alkanes of at least 4 members (excludes halogenated alkanes) is 1. The van der Waals surface area contributed by atoms with Crippen molar-refractivity contribution in [1.29, 1.82) is 0 Å². The van der Waals surface area contributed by atoms with Crippen LogP contribution in [0.5, 0.6) is 0 Å². The van der Waals surface area contributed by atoms with E-state index in [2.05, 4.69) is 23.7 Å². The summed E-state index contributed by atoms with van der Waals surface area (Å²) < 4.78 is 0. The van der Waals surface area contributed by atoms with E-state index >= 15 is 0 Å². The van der Waals surface area contributed by atoms with Crippen molar-refractivity contribution in [3.05, 3.63) is 39.2 Å². The number of nitrogens with one attached hydrogen (secondary N) is 1. The first-order chi connectivity index (χ1) is 9.70. The zero-order chi connectivity index (χ0) is 14.4. The Kier molecular flexibility index (Phi) is 6.02. The summed E-state index contributed by atoms with van der Waals surface area (Å²) in [6.07, 6.45) is 3.48. The van der Waals surface area contributed by atoms with Gasteiger partial charge in [0.1, 0.15) is 0 Å². The van der Waals surface area contributed by atoms with E-state index in [4.69, 9.17) is 16.6 Å². The van der Waals surface area contributed by atoms with E-state index in [1.165, 1.54) is 17.8 Å². The van der Waals surface area contributed by atoms with Crippen LogP contribution in [-0.2, 0) is 6.42 Å². The van der Waals surface area contributed by atoms with Gasteiger partial charge in [-0.1, -0.05) is 31.0 Å². The summed E-state index contributed by atoms with van der Waals surface area (Å²) in [7, 11) is 0. The Hall–Kier alpha value is -0.900. The van der Waals surface area contributed by atoms with Crippen LogP contribution in [0.2, 0.25) is 5.02 Å². The van der Waals surface area contributed by atoms with Crippen LogP contribution in [0.4, 0.5) is 0 Å². The van der Waals surface area contributed by atoms with Crippen molar-refractivity contribution in [3.8, 4) is 11.3 Å². The molecular weight excluding hydrogens is 288 g/mol. The van der Waals surface area contributed by atoms with Gasteiger partial charge in [-0.3, -0.25) is 0 Å². The van der Waals surface area contributed by atoms with Crippen LogP contribution in [0.15, 0.2) is 23.6 Å². The largest absolute Gasteiger partial charge is 0.316 e. The fourth-order valence-corrected chi connectivity index (χ4v) is 2.91. The van der Waals surface area contributed by atoms with E-state index in [9.17, 15) is 0 Å². The molecule has 0 unspecified atom stereocenters. The van der Waals surface area contributed by atoms with Crippen LogP contribution in [0, 0.1) is 6.92 Å². The quantitative estimate of drug-likeness (QED) is 0.750. The first-order valence-corrected chi connectivity index (χ1v) is 8.38. The van der Waals surface area contributed by atoms with Gasteiger partial charge >= 0.3 is 0 Å². The van der Waals surface area contributed by atoms with Gasteiger partial charge in [-0.2, -0.15) is 0 Å². The van der Waals surface area contributed by atoms with Crippen molar-refractivity contribution in [2.75, 3.05) is 13.1 Å². The van der Waals surface area contributed by atoms with Crippen LogP contribution >= 0.6 is 22.9 Å². The van der Waals surface area contributed by atoms with Gasteiger partial charge in [0.2, 0.25) is 0 Å². The highest BCUT2D eigenvalue weighted by Crippen LogP contribution is 2.26. The highest BCUT2D eigenvalue weighted by atomic mass is 35.5. The first kappa shape index (κ1) is 15.5. The van der Waals surface area contributed by atoms with Gasteiger partial charge in [-0.15, -0.1) is 11.3 Å². The van der Waals surface area contributed by atoms with E-state index in [1.54, 1.807) is 11.3 Å². The highest BCUT2D eigenvalue weighted by molar-refractivity contribution is 7.09. The third kappa shape index (κ3) is 4.30. The lowest BCUT2D eigenvalue weighted by molar-refractivity contribution is 0.639. The fraction of sp³-hybridized carbons (Fsp3) is 0.438. The Bertz CT molecular complexity index is 551. The topological polar surface area (TPSA) is 24.9 Å². The number of halogens is 1. The number of hydrogen-bond donors (Lipinski definition) is 1. The molecule has 2 aromatic rings. The molecule has 1 aromatic heterocycles. The standard InChI is InChI=1S/C16H21ClN2S/c1-3-4-8-18-9-7-16-19-15(11-20-16)13-5-6-14(17)12(2)10-13/h5-6,10-11,18H,3-4,7-9H2,1-2H3. The summed E-state index contributed by atoms with van der Waals surface area (Å²) in [5.74, 6) is 0. The van der Waals surface area contributed by atoms with Crippen LogP contribution in [0.1, 0.15) is 30.3 Å². The van der Waals surface area contributed by atoms with Crippen molar-refractivity contribution < 1.29 is 0 Å². The van der Waals surface area contributed by atoms with Gasteiger partial charge in [-0.05, 0) is 37.6 Å². The lowest BCUT2D eigenvalue weighted by atomic mass is 10.1. The second-order valence-electron chi connectivity index (χ2n) is 4.94. The van der Waals surface area contributed by atoms with Gasteiger partial charge in [0, 0.05) is 28.9 Å². The molecule has 20 heavy (non-hydrogen) atoms. The minimum atomic E-state index is 0.810. The summed E-state index contributed by atoms with van der Waals surface area (Å²) in [6.45, 7) is 6.34. The zero-order valence-electron chi connectivity index (χ0n) is 12.1. The van der Waals surface area contributed by atoms with Crippen LogP contribution in [0.25, 0.3) is 11.3 Å². The Morgan fingerprint density at radius 3 is 2.90 bits per heavy atom. The van der Waals surface area contributed by atoms with E-state index in [0.29, 0.717) is 0 Å². The fourth-order valence-electron chi connectivity index (χ4n) is 1.98. The number of nitrogens with zero attached hydrogens (tertiary/aromatic N) is 1. The van der Waals surface area contributed by atoms with E-state index in [-0.39, 0.29) is 0 Å². The molecule has 0 bridgehead atoms. The number of hydrogen-bond acceptors (Lipinski definition) is 3. The Labute approximate surface area is 130 Å². The molecule has 1 N–H and O–H groups in total. The summed E-state index contributed by atoms with van der Waals surface area (Å²) in [5.41, 5.74) is 3.30. The molecular formula is C16H21ClN2S. The average molecular weight is 309 g/mol. The van der Waals surface area contributed by atoms with Gasteiger partial charge in [0.05, 0.1) is 10.7 Å². The first-order valence-electron chi connectivity index (χ1n) is 7.12. The number of aromatic nitrogens is 1. The molecule has 0 fully saturated rings. The maximum absolute atomic E-state index is 6.06. The Balaban J connectivity index is 1.93. The minimum absolute atomic E-state index is 0.810. The van der Waals surface area contributed by atoms with E-state index in [1.807, 2.05) is 19.1 Å². The summed E-state index contributed by atoms with van der Waals surface area (Å²) in [4.78, 5) is 4.70. The maximum Gasteiger partial charge on any atom is 0.0945 e. The predicted octanol–water partition coefficient (Wildman–Crippen LogP) is 4.70. The van der Waals surface area contributed by atoms with E-state index < -0.39 is 0 Å². The molecule has 1 aromatic carbocycles. The summed E-state index contributed by atoms with van der Waals surface area (Å²) >= 11 is 7.79. The molecule has 0 aliphatic rings. The summed E-state index contributed by atoms with van der Waals surface area (Å²) in [5, 5.41) is 7.58. The molecule has 0 saturated heterocycles. The second-order valence-corrected chi connectivity index (χ2v) is 6.29. The van der Waals surface area contributed by atoms with Gasteiger partial charge < -0.3 is 5.32 Å². The van der Waals surface area contributed by atoms with Crippen LogP contribution < -0.4 is 5.32 Å². The van der Waals surface area contributed by atoms with Crippen LogP contribution in [-0.4, -0.2) is 18.1 Å². The molecule has 2 nitrogen and oxygen atoms in total. The van der Waals surface area contributed by atoms with E-state index in [0.717, 1.165) is 41.4 Å². The van der Waals surface area contributed by atoms with Crippen molar-refractivity contribution in [2.24, 2.45) is 0 Å². The van der Waals surface area contributed by atoms with Gasteiger partial charge in [0.25, 0.3) is 0 Å². The molecule has 1 heterocycles. The van der Waals surface area contributed by atoms with Gasteiger partial charge in [-0.25, -0.2) is 4.98 Å². The van der Waals surface area contributed by atoms with Crippen LogP contribution in [0.3, 0.4) is 0 Å². The molecule has 0 aliphatic heterocycles. The third-order valence-corrected chi connectivity index (χ3v) is 4.56. The lowest BCUT2D eigenvalue weighted by Crippen LogP contribution is -2.18. The third-order valence-electron chi connectivity index (χ3n) is 3.23. The Morgan fingerprint density at radius 2 is 2.15 bits per heavy atom. The van der Waals surface area contributed by atoms with Crippen molar-refractivity contribution in [3.63, 3.8) is 0 Å². The molecule has 0 atom stereocenters. The Morgan fingerprint density at radius 1 is 1.30 bits per heavy atom. The smallest absolute Gasteiger partial charge is 0.0945 e. The molecule has 108 valence electrons. The zero-order valence-corrected chi connectivity index (χ0v) is 13.7. The molecule has 0 amide bonds. The summed E-state index contributed by atoms with van der Waals surface area (Å²) in [6, 6.07) is 6.08. The molecule has 0 spiro atoms. The van der Waals surface area contributed by atoms with Crippen molar-refractivity contribution in [1.82, 2.24) is 10.3 Å². The molecule has 0 radical (unpaired) electrons. The minimum Gasteiger partial charge on any atom is -0.316 e. The van der Waals surface area contributed by atoms with Crippen molar-refractivity contribution >= 4 is 22.9 Å². The van der Waals surface area contributed by atoms with Crippen molar-refractivity contribution in [2.45, 2.75) is 33.1 Å². The number of aryl methyl sites for hydroxylation is 1. The highest BCUT2D eigenvalue weighted by Gasteiger charge is 2.06. The number of benzene rings is 1. The molecule has 2 rings (SSSR count). The predicted molar refractivity (Wildman–Crippen MR) is 88.8 cm³/mol. The normalized spacial score (nSPS) is 10.9. The molecule has 4 heteroatoms. The molecule has 0 saturated carbocycles. The molecule has 0 aliphatic carbocycles. The maximum atomic E-state index is 6.06. The monoisotopic (exact) mass is 308 g/mol. The number of rotatable bonds is 7. The number of thiazole rings is 1. The second kappa shape index (κ2) is 7.77. The average Bonchev–Trinajstić information content (AvgIpc) is 2.90.